The number of hydrogen-bond acceptors (Lipinski definition) is 11. The van der Waals surface area contributed by atoms with Gasteiger partial charge in [0.2, 0.25) is 5.60 Å². The smallest absolute Gasteiger partial charge is 0.397 e. The summed E-state index contributed by atoms with van der Waals surface area (Å²) in [6.45, 7) is 2.20. The lowest BCUT2D eigenvalue weighted by molar-refractivity contribution is -0.0690. The molecule has 1 unspecified atom stereocenters. The molecule has 304 valence electrons. The summed E-state index contributed by atoms with van der Waals surface area (Å²) in [4.78, 5) is 10.6. The summed E-state index contributed by atoms with van der Waals surface area (Å²) in [5.74, 6) is 0. The maximum Gasteiger partial charge on any atom is 0.472 e. The highest BCUT2D eigenvalue weighted by Gasteiger charge is 2.58. The van der Waals surface area contributed by atoms with Crippen LogP contribution in [0.3, 0.4) is 0 Å². The molecule has 2 aromatic heterocycles. The Hall–Kier alpha value is -3.15. The number of allylic oxidation sites excluding steroid dienone is 2. The monoisotopic (exact) mass is 784 g/mol. The standard InChI is InChI=1S/C41H61N4O9P/c1-2-3-4-5-6-7-8-9-10-11-12-13-14-15-16-20-27-50-29-34(51-28-33-21-18-17-19-22-33)30-52-55(48,49)53-31-37-39(46)40(47)41(32-42,54-37)38-24-23-36-35(43)25-26-44-45(36)38/h9-10,17-19,21-26,34,37,39-40,46-47H,2-8,11-16,20,27-31,43H2,1H3,(H,48,49)/b10-9-/t34-,37-,39-,40-,41+/m1/s1. The number of aromatic nitrogens is 2. The first-order valence-corrected chi connectivity index (χ1v) is 21.4. The molecule has 1 saturated heterocycles. The van der Waals surface area contributed by atoms with Crippen LogP contribution in [0.5, 0.6) is 0 Å². The van der Waals surface area contributed by atoms with Crippen LogP contribution >= 0.6 is 7.82 Å². The zero-order chi connectivity index (χ0) is 39.4. The maximum absolute atomic E-state index is 13.0. The number of phosphoric acid groups is 1. The Morgan fingerprint density at radius 1 is 0.945 bits per heavy atom. The van der Waals surface area contributed by atoms with Gasteiger partial charge in [0, 0.05) is 12.8 Å². The lowest BCUT2D eigenvalue weighted by atomic mass is 9.92. The van der Waals surface area contributed by atoms with Gasteiger partial charge < -0.3 is 35.1 Å². The van der Waals surface area contributed by atoms with Crippen molar-refractivity contribution in [3.8, 4) is 6.07 Å². The molecule has 14 heteroatoms. The number of aliphatic hydroxyl groups excluding tert-OH is 2. The van der Waals surface area contributed by atoms with Crippen molar-refractivity contribution < 1.29 is 42.9 Å². The minimum atomic E-state index is -4.70. The van der Waals surface area contributed by atoms with Crippen molar-refractivity contribution in [1.29, 1.82) is 5.26 Å². The molecule has 0 radical (unpaired) electrons. The first-order chi connectivity index (χ1) is 26.7. The second kappa shape index (κ2) is 23.8. The van der Waals surface area contributed by atoms with E-state index in [0.717, 1.165) is 31.2 Å². The van der Waals surface area contributed by atoms with Crippen LogP contribution < -0.4 is 5.73 Å². The van der Waals surface area contributed by atoms with Crippen LogP contribution in [0.15, 0.2) is 66.9 Å². The average molecular weight is 785 g/mol. The van der Waals surface area contributed by atoms with Gasteiger partial charge in [0.1, 0.15) is 30.5 Å². The number of ether oxygens (including phenoxy) is 3. The molecule has 3 aromatic rings. The van der Waals surface area contributed by atoms with Crippen LogP contribution in [0.1, 0.15) is 108 Å². The molecular formula is C41H61N4O9P. The average Bonchev–Trinajstić information content (AvgIpc) is 3.74. The summed E-state index contributed by atoms with van der Waals surface area (Å²) in [7, 11) is -4.70. The second-order valence-corrected chi connectivity index (χ2v) is 15.7. The molecule has 3 heterocycles. The summed E-state index contributed by atoms with van der Waals surface area (Å²) in [5, 5.41) is 36.1. The molecule has 0 bridgehead atoms. The van der Waals surface area contributed by atoms with Crippen molar-refractivity contribution in [1.82, 2.24) is 9.61 Å². The van der Waals surface area contributed by atoms with E-state index in [1.54, 1.807) is 12.1 Å². The molecule has 4 rings (SSSR count). The SMILES string of the molecule is CCCCCCCC/C=C\CCCCCCCCOC[C@H](COP(=O)(O)OC[C@H]1O[C@@](C#N)(c2ccc3c(N)ccnn23)[C@H](O)[C@@H]1O)OCc1ccccc1. The van der Waals surface area contributed by atoms with Crippen molar-refractivity contribution in [2.45, 2.75) is 133 Å². The van der Waals surface area contributed by atoms with E-state index in [0.29, 0.717) is 17.8 Å². The van der Waals surface area contributed by atoms with Gasteiger partial charge in [-0.25, -0.2) is 9.08 Å². The van der Waals surface area contributed by atoms with Crippen LogP contribution in [-0.2, 0) is 40.0 Å². The highest BCUT2D eigenvalue weighted by molar-refractivity contribution is 7.47. The maximum atomic E-state index is 13.0. The molecule has 5 N–H and O–H groups in total. The summed E-state index contributed by atoms with van der Waals surface area (Å²) < 4.78 is 42.5. The number of nitrogens with two attached hydrogens (primary N) is 1. The van der Waals surface area contributed by atoms with Gasteiger partial charge in [-0.2, -0.15) is 10.4 Å². The highest BCUT2D eigenvalue weighted by atomic mass is 31.2. The molecule has 6 atom stereocenters. The fraction of sp³-hybridized carbons (Fsp3) is 0.610. The van der Waals surface area contributed by atoms with E-state index >= 15 is 0 Å². The van der Waals surface area contributed by atoms with Gasteiger partial charge in [-0.1, -0.05) is 107 Å². The lowest BCUT2D eigenvalue weighted by Crippen LogP contribution is -2.41. The molecule has 0 spiro atoms. The van der Waals surface area contributed by atoms with Crippen LogP contribution in [-0.4, -0.2) is 75.6 Å². The van der Waals surface area contributed by atoms with Crippen molar-refractivity contribution in [3.05, 3.63) is 78.1 Å². The third-order valence-electron chi connectivity index (χ3n) is 9.85. The second-order valence-electron chi connectivity index (χ2n) is 14.2. The Bertz CT molecular complexity index is 1650. The molecule has 1 aliphatic rings. The topological polar surface area (TPSA) is 191 Å². The number of nitrogen functional groups attached to an aromatic ring is 1. The van der Waals surface area contributed by atoms with Gasteiger partial charge in [-0.05, 0) is 55.9 Å². The summed E-state index contributed by atoms with van der Waals surface area (Å²) in [6, 6.07) is 16.2. The third-order valence-corrected chi connectivity index (χ3v) is 10.8. The fourth-order valence-corrected chi connectivity index (χ4v) is 7.38. The molecule has 55 heavy (non-hydrogen) atoms. The highest BCUT2D eigenvalue weighted by Crippen LogP contribution is 2.46. The minimum Gasteiger partial charge on any atom is -0.397 e. The summed E-state index contributed by atoms with van der Waals surface area (Å²) >= 11 is 0. The van der Waals surface area contributed by atoms with Crippen molar-refractivity contribution >= 4 is 19.0 Å². The number of aliphatic hydroxyl groups is 2. The van der Waals surface area contributed by atoms with Gasteiger partial charge in [-0.15, -0.1) is 0 Å². The van der Waals surface area contributed by atoms with E-state index in [1.165, 1.54) is 81.0 Å². The third kappa shape index (κ3) is 14.1. The molecule has 1 aromatic carbocycles. The van der Waals surface area contributed by atoms with E-state index in [1.807, 2.05) is 36.4 Å². The van der Waals surface area contributed by atoms with E-state index in [9.17, 15) is 24.9 Å². The number of phosphoric ester groups is 1. The van der Waals surface area contributed by atoms with Crippen LogP contribution in [0.4, 0.5) is 5.69 Å². The number of unbranched alkanes of at least 4 members (excludes halogenated alkanes) is 12. The van der Waals surface area contributed by atoms with Gasteiger partial charge in [-0.3, -0.25) is 9.05 Å². The van der Waals surface area contributed by atoms with Gasteiger partial charge >= 0.3 is 7.82 Å². The number of benzene rings is 1. The first-order valence-electron chi connectivity index (χ1n) is 19.9. The predicted molar refractivity (Wildman–Crippen MR) is 211 cm³/mol. The largest absolute Gasteiger partial charge is 0.472 e. The molecule has 0 saturated carbocycles. The number of fused-ring (bicyclic) bond motifs is 1. The quantitative estimate of drug-likeness (QED) is 0.0322. The fourth-order valence-electron chi connectivity index (χ4n) is 6.62. The van der Waals surface area contributed by atoms with Gasteiger partial charge in [0.25, 0.3) is 0 Å². The molecular weight excluding hydrogens is 723 g/mol. The normalized spacial score (nSPS) is 21.6. The first kappa shape index (κ1) is 44.6. The zero-order valence-electron chi connectivity index (χ0n) is 32.3. The van der Waals surface area contributed by atoms with Crippen LogP contribution in [0.25, 0.3) is 5.52 Å². The Labute approximate surface area is 326 Å². The lowest BCUT2D eigenvalue weighted by Gasteiger charge is -2.24. The Morgan fingerprint density at radius 2 is 1.62 bits per heavy atom. The Kier molecular flexibility index (Phi) is 19.3. The number of rotatable bonds is 28. The zero-order valence-corrected chi connectivity index (χ0v) is 33.1. The Balaban J connectivity index is 1.16. The molecule has 13 nitrogen and oxygen atoms in total. The molecule has 1 fully saturated rings. The van der Waals surface area contributed by atoms with Gasteiger partial charge in [0.05, 0.1) is 43.3 Å². The Morgan fingerprint density at radius 3 is 2.31 bits per heavy atom. The van der Waals surface area contributed by atoms with E-state index in [-0.39, 0.29) is 25.5 Å². The minimum absolute atomic E-state index is 0.130. The number of nitrogens with zero attached hydrogens (tertiary/aromatic N) is 3. The summed E-state index contributed by atoms with van der Waals surface area (Å²) in [6.07, 6.45) is 17.8. The molecule has 0 amide bonds. The van der Waals surface area contributed by atoms with E-state index < -0.39 is 44.4 Å². The van der Waals surface area contributed by atoms with Crippen LogP contribution in [0, 0.1) is 11.3 Å². The number of anilines is 1. The van der Waals surface area contributed by atoms with Crippen LogP contribution in [0.2, 0.25) is 0 Å². The van der Waals surface area contributed by atoms with Crippen molar-refractivity contribution in [2.75, 3.05) is 32.2 Å². The summed E-state index contributed by atoms with van der Waals surface area (Å²) in [5.41, 5.74) is 5.87. The van der Waals surface area contributed by atoms with E-state index in [4.69, 9.17) is 29.0 Å². The molecule has 0 aliphatic carbocycles. The van der Waals surface area contributed by atoms with Gasteiger partial charge in [0.15, 0.2) is 0 Å². The number of hydrogen-bond donors (Lipinski definition) is 4. The van der Waals surface area contributed by atoms with E-state index in [2.05, 4.69) is 24.2 Å². The van der Waals surface area contributed by atoms with Crippen molar-refractivity contribution in [2.24, 2.45) is 0 Å². The predicted octanol–water partition coefficient (Wildman–Crippen LogP) is 7.53. The molecule has 1 aliphatic heterocycles. The van der Waals surface area contributed by atoms with Crippen molar-refractivity contribution in [3.63, 3.8) is 0 Å². The number of nitriles is 1.